The molecule has 1 aromatic carbocycles. The first-order chi connectivity index (χ1) is 12.0. The Morgan fingerprint density at radius 3 is 2.88 bits per heavy atom. The first-order valence-electron chi connectivity index (χ1n) is 7.92. The zero-order valence-corrected chi connectivity index (χ0v) is 14.2. The molecule has 0 saturated heterocycles. The molecule has 4 aromatic rings. The number of nitrogens with zero attached hydrogens (tertiary/aromatic N) is 5. The Bertz CT molecular complexity index is 1140. The number of aryl methyl sites for hydroxylation is 3. The molecule has 126 valence electrons. The zero-order chi connectivity index (χ0) is 17.6. The predicted octanol–water partition coefficient (Wildman–Crippen LogP) is 2.45. The Kier molecular flexibility index (Phi) is 3.49. The van der Waals surface area contributed by atoms with Crippen LogP contribution in [-0.2, 0) is 13.6 Å². The van der Waals surface area contributed by atoms with Gasteiger partial charge in [0, 0.05) is 12.6 Å². The van der Waals surface area contributed by atoms with E-state index in [-0.39, 0.29) is 5.56 Å². The minimum atomic E-state index is -0.144. The van der Waals surface area contributed by atoms with Crippen molar-refractivity contribution in [3.8, 4) is 11.5 Å². The van der Waals surface area contributed by atoms with Crippen LogP contribution in [0.4, 0.5) is 0 Å². The molecule has 3 heterocycles. The summed E-state index contributed by atoms with van der Waals surface area (Å²) in [6.07, 6.45) is 4.62. The highest BCUT2D eigenvalue weighted by Crippen LogP contribution is 2.23. The molecule has 4 rings (SSSR count). The van der Waals surface area contributed by atoms with Gasteiger partial charge in [0.05, 0.1) is 18.4 Å². The van der Waals surface area contributed by atoms with Crippen LogP contribution in [0.5, 0.6) is 0 Å². The van der Waals surface area contributed by atoms with E-state index in [1.54, 1.807) is 18.0 Å². The van der Waals surface area contributed by atoms with Gasteiger partial charge in [0.25, 0.3) is 5.56 Å². The number of benzene rings is 1. The molecule has 0 N–H and O–H groups in total. The summed E-state index contributed by atoms with van der Waals surface area (Å²) in [4.78, 5) is 21.3. The summed E-state index contributed by atoms with van der Waals surface area (Å²) in [6, 6.07) is 6.11. The van der Waals surface area contributed by atoms with Gasteiger partial charge in [0.15, 0.2) is 5.65 Å². The highest BCUT2D eigenvalue weighted by Gasteiger charge is 2.12. The lowest BCUT2D eigenvalue weighted by Gasteiger charge is -2.03. The van der Waals surface area contributed by atoms with E-state index in [4.69, 9.17) is 4.42 Å². The van der Waals surface area contributed by atoms with Crippen LogP contribution >= 0.6 is 0 Å². The monoisotopic (exact) mass is 335 g/mol. The maximum Gasteiger partial charge on any atom is 0.264 e. The van der Waals surface area contributed by atoms with Gasteiger partial charge in [0.2, 0.25) is 5.89 Å². The maximum atomic E-state index is 12.5. The number of aromatic nitrogens is 5. The van der Waals surface area contributed by atoms with Crippen LogP contribution in [0.15, 0.2) is 46.2 Å². The maximum absolute atomic E-state index is 12.5. The van der Waals surface area contributed by atoms with Crippen molar-refractivity contribution in [3.63, 3.8) is 0 Å². The third-order valence-electron chi connectivity index (χ3n) is 4.21. The molecule has 0 unspecified atom stereocenters. The summed E-state index contributed by atoms with van der Waals surface area (Å²) in [5.74, 6) is 0.552. The molecule has 0 aliphatic carbocycles. The van der Waals surface area contributed by atoms with Crippen LogP contribution in [0, 0.1) is 13.8 Å². The van der Waals surface area contributed by atoms with Crippen molar-refractivity contribution in [2.45, 2.75) is 20.4 Å². The number of oxazole rings is 1. The van der Waals surface area contributed by atoms with E-state index in [0.717, 1.165) is 11.1 Å². The number of hydrogen-bond donors (Lipinski definition) is 0. The summed E-state index contributed by atoms with van der Waals surface area (Å²) < 4.78 is 8.70. The standard InChI is InChI=1S/C18H17N5O2/c1-11-4-5-14(12(2)6-11)17-21-13(9-25-17)8-23-10-19-16-15(18(23)24)7-20-22(16)3/h4-7,9-10H,8H2,1-3H3. The fourth-order valence-electron chi connectivity index (χ4n) is 2.91. The molecule has 0 fully saturated rings. The van der Waals surface area contributed by atoms with Crippen LogP contribution in [0.3, 0.4) is 0 Å². The second kappa shape index (κ2) is 5.70. The minimum absolute atomic E-state index is 0.144. The molecule has 0 bridgehead atoms. The highest BCUT2D eigenvalue weighted by molar-refractivity contribution is 5.72. The Labute approximate surface area is 143 Å². The lowest BCUT2D eigenvalue weighted by atomic mass is 10.1. The Hall–Kier alpha value is -3.22. The van der Waals surface area contributed by atoms with Gasteiger partial charge in [-0.25, -0.2) is 9.97 Å². The third-order valence-corrected chi connectivity index (χ3v) is 4.21. The molecule has 0 aliphatic heterocycles. The van der Waals surface area contributed by atoms with Crippen LogP contribution in [-0.4, -0.2) is 24.3 Å². The number of hydrogen-bond acceptors (Lipinski definition) is 5. The van der Waals surface area contributed by atoms with Gasteiger partial charge in [-0.05, 0) is 25.5 Å². The molecule has 0 saturated carbocycles. The van der Waals surface area contributed by atoms with Gasteiger partial charge in [-0.1, -0.05) is 17.7 Å². The van der Waals surface area contributed by atoms with E-state index in [9.17, 15) is 4.79 Å². The molecular weight excluding hydrogens is 318 g/mol. The van der Waals surface area contributed by atoms with Crippen molar-refractivity contribution in [1.82, 2.24) is 24.3 Å². The molecule has 0 aliphatic rings. The van der Waals surface area contributed by atoms with Crippen molar-refractivity contribution < 1.29 is 4.42 Å². The topological polar surface area (TPSA) is 78.7 Å². The highest BCUT2D eigenvalue weighted by atomic mass is 16.3. The average Bonchev–Trinajstić information content (AvgIpc) is 3.18. The van der Waals surface area contributed by atoms with E-state index >= 15 is 0 Å². The molecule has 0 amide bonds. The molecule has 25 heavy (non-hydrogen) atoms. The Balaban J connectivity index is 1.67. The normalized spacial score (nSPS) is 11.3. The van der Waals surface area contributed by atoms with Crippen molar-refractivity contribution in [2.75, 3.05) is 0 Å². The predicted molar refractivity (Wildman–Crippen MR) is 93.3 cm³/mol. The zero-order valence-electron chi connectivity index (χ0n) is 14.2. The van der Waals surface area contributed by atoms with E-state index in [1.807, 2.05) is 26.0 Å². The molecule has 7 heteroatoms. The smallest absolute Gasteiger partial charge is 0.264 e. The van der Waals surface area contributed by atoms with Crippen molar-refractivity contribution in [1.29, 1.82) is 0 Å². The fourth-order valence-corrected chi connectivity index (χ4v) is 2.91. The van der Waals surface area contributed by atoms with Gasteiger partial charge < -0.3 is 4.42 Å². The van der Waals surface area contributed by atoms with Crippen LogP contribution in [0.25, 0.3) is 22.5 Å². The van der Waals surface area contributed by atoms with Crippen LogP contribution in [0.1, 0.15) is 16.8 Å². The van der Waals surface area contributed by atoms with Crippen LogP contribution in [0.2, 0.25) is 0 Å². The lowest BCUT2D eigenvalue weighted by molar-refractivity contribution is 0.570. The minimum Gasteiger partial charge on any atom is -0.444 e. The number of fused-ring (bicyclic) bond motifs is 1. The Morgan fingerprint density at radius 2 is 2.08 bits per heavy atom. The van der Waals surface area contributed by atoms with E-state index < -0.39 is 0 Å². The van der Waals surface area contributed by atoms with Crippen molar-refractivity contribution >= 4 is 11.0 Å². The SMILES string of the molecule is Cc1ccc(-c2nc(Cn3cnc4c(cnn4C)c3=O)co2)c(C)c1. The fraction of sp³-hybridized carbons (Fsp3) is 0.222. The summed E-state index contributed by atoms with van der Waals surface area (Å²) in [5.41, 5.74) is 4.33. The van der Waals surface area contributed by atoms with E-state index in [1.165, 1.54) is 22.7 Å². The first-order valence-corrected chi connectivity index (χ1v) is 7.92. The van der Waals surface area contributed by atoms with Gasteiger partial charge in [-0.2, -0.15) is 5.10 Å². The Morgan fingerprint density at radius 1 is 1.24 bits per heavy atom. The quantitative estimate of drug-likeness (QED) is 0.574. The molecule has 0 atom stereocenters. The van der Waals surface area contributed by atoms with Crippen LogP contribution < -0.4 is 5.56 Å². The van der Waals surface area contributed by atoms with Crippen molar-refractivity contribution in [2.24, 2.45) is 7.05 Å². The second-order valence-electron chi connectivity index (χ2n) is 6.15. The van der Waals surface area contributed by atoms with Gasteiger partial charge >= 0.3 is 0 Å². The molecule has 7 nitrogen and oxygen atoms in total. The van der Waals surface area contributed by atoms with Crippen molar-refractivity contribution in [3.05, 3.63) is 64.2 Å². The second-order valence-corrected chi connectivity index (χ2v) is 6.15. The average molecular weight is 335 g/mol. The lowest BCUT2D eigenvalue weighted by Crippen LogP contribution is -2.21. The largest absolute Gasteiger partial charge is 0.444 e. The van der Waals surface area contributed by atoms with E-state index in [2.05, 4.69) is 21.1 Å². The summed E-state index contributed by atoms with van der Waals surface area (Å²) in [7, 11) is 1.76. The molecule has 0 radical (unpaired) electrons. The van der Waals surface area contributed by atoms with E-state index in [0.29, 0.717) is 29.2 Å². The third kappa shape index (κ3) is 2.63. The van der Waals surface area contributed by atoms with Gasteiger partial charge in [-0.15, -0.1) is 0 Å². The first kappa shape index (κ1) is 15.3. The molecular formula is C18H17N5O2. The summed E-state index contributed by atoms with van der Waals surface area (Å²) >= 11 is 0. The summed E-state index contributed by atoms with van der Waals surface area (Å²) in [6.45, 7) is 4.37. The van der Waals surface area contributed by atoms with Gasteiger partial charge in [0.1, 0.15) is 18.0 Å². The van der Waals surface area contributed by atoms with Gasteiger partial charge in [-0.3, -0.25) is 14.0 Å². The summed E-state index contributed by atoms with van der Waals surface area (Å²) in [5, 5.41) is 4.56. The number of rotatable bonds is 3. The molecule has 0 spiro atoms. The molecule has 3 aromatic heterocycles.